The first-order valence-corrected chi connectivity index (χ1v) is 11.9. The van der Waals surface area contributed by atoms with Gasteiger partial charge in [-0.3, -0.25) is 19.2 Å². The fourth-order valence-corrected chi connectivity index (χ4v) is 4.74. The molecule has 1 atom stereocenters. The number of carbonyl (C=O) groups is 1. The van der Waals surface area contributed by atoms with E-state index in [0.29, 0.717) is 27.1 Å². The van der Waals surface area contributed by atoms with Crippen LogP contribution in [0.15, 0.2) is 24.4 Å². The van der Waals surface area contributed by atoms with Gasteiger partial charge in [-0.1, -0.05) is 16.8 Å². The Kier molecular flexibility index (Phi) is 6.44. The van der Waals surface area contributed by atoms with Crippen LogP contribution >= 0.6 is 22.9 Å². The zero-order valence-corrected chi connectivity index (χ0v) is 19.1. The largest absolute Gasteiger partial charge is 0.457 e. The summed E-state index contributed by atoms with van der Waals surface area (Å²) in [5.41, 5.74) is 2.48. The average molecular weight is 470 g/mol. The summed E-state index contributed by atoms with van der Waals surface area (Å²) in [6.45, 7) is 3.70. The molecule has 0 bridgehead atoms. The third kappa shape index (κ3) is 5.35. The number of pyridine rings is 1. The molecule has 0 spiro atoms. The smallest absolute Gasteiger partial charge is 0.312 e. The minimum atomic E-state index is -3.40. The van der Waals surface area contributed by atoms with Gasteiger partial charge in [0.2, 0.25) is 10.0 Å². The van der Waals surface area contributed by atoms with Crippen LogP contribution in [0, 0.1) is 6.92 Å². The third-order valence-electron chi connectivity index (χ3n) is 4.15. The van der Waals surface area contributed by atoms with Crippen molar-refractivity contribution in [2.45, 2.75) is 26.4 Å². The van der Waals surface area contributed by atoms with Gasteiger partial charge in [-0.25, -0.2) is 8.42 Å². The highest BCUT2D eigenvalue weighted by molar-refractivity contribution is 7.92. The molecule has 0 aliphatic heterocycles. The van der Waals surface area contributed by atoms with Crippen LogP contribution in [0.5, 0.6) is 0 Å². The van der Waals surface area contributed by atoms with Crippen molar-refractivity contribution in [3.8, 4) is 11.4 Å². The quantitative estimate of drug-likeness (QED) is 0.528. The second-order valence-corrected chi connectivity index (χ2v) is 10.3. The molecular weight excluding hydrogens is 450 g/mol. The van der Waals surface area contributed by atoms with Crippen molar-refractivity contribution in [3.63, 3.8) is 0 Å². The molecule has 3 aromatic rings. The van der Waals surface area contributed by atoms with Gasteiger partial charge in [-0.15, -0.1) is 16.4 Å². The fourth-order valence-electron chi connectivity index (χ4n) is 2.80. The zero-order valence-electron chi connectivity index (χ0n) is 16.7. The summed E-state index contributed by atoms with van der Waals surface area (Å²) in [5.74, 6) is -0.454. The van der Waals surface area contributed by atoms with E-state index < -0.39 is 22.1 Å². The highest BCUT2D eigenvalue weighted by Gasteiger charge is 2.21. The number of ether oxygens (including phenoxy) is 1. The number of carbonyl (C=O) groups excluding carboxylic acids is 1. The Morgan fingerprint density at radius 3 is 2.70 bits per heavy atom. The van der Waals surface area contributed by atoms with E-state index >= 15 is 0 Å². The lowest BCUT2D eigenvalue weighted by Gasteiger charge is -2.13. The Labute approximate surface area is 183 Å². The third-order valence-corrected chi connectivity index (χ3v) is 6.06. The first-order chi connectivity index (χ1) is 14.0. The predicted molar refractivity (Wildman–Crippen MR) is 115 cm³/mol. The monoisotopic (exact) mass is 469 g/mol. The fraction of sp³-hybridized carbons (Fsp3) is 0.333. The Morgan fingerprint density at radius 2 is 2.13 bits per heavy atom. The SMILES string of the molecule is Cc1cc([C@@H](C)OC(=O)Cc2c(-c3ccc(NS(C)(=O)=O)cn3)nnn2C)c(Cl)s1. The van der Waals surface area contributed by atoms with Crippen LogP contribution in [0.25, 0.3) is 11.4 Å². The molecule has 1 N–H and O–H groups in total. The number of halogens is 1. The van der Waals surface area contributed by atoms with Gasteiger partial charge in [-0.05, 0) is 32.0 Å². The van der Waals surface area contributed by atoms with Crippen molar-refractivity contribution in [3.05, 3.63) is 44.9 Å². The second kappa shape index (κ2) is 8.70. The summed E-state index contributed by atoms with van der Waals surface area (Å²) in [7, 11) is -1.73. The van der Waals surface area contributed by atoms with E-state index in [2.05, 4.69) is 20.0 Å². The Bertz CT molecular complexity index is 1170. The van der Waals surface area contributed by atoms with Gasteiger partial charge in [0.25, 0.3) is 0 Å². The Balaban J connectivity index is 1.75. The summed E-state index contributed by atoms with van der Waals surface area (Å²) in [4.78, 5) is 17.8. The highest BCUT2D eigenvalue weighted by Crippen LogP contribution is 2.33. The molecule has 0 fully saturated rings. The van der Waals surface area contributed by atoms with Crippen molar-refractivity contribution in [1.29, 1.82) is 0 Å². The van der Waals surface area contributed by atoms with Gasteiger partial charge in [0.1, 0.15) is 11.8 Å². The molecule has 0 radical (unpaired) electrons. The lowest BCUT2D eigenvalue weighted by atomic mass is 10.1. The number of aromatic nitrogens is 4. The maximum Gasteiger partial charge on any atom is 0.312 e. The maximum absolute atomic E-state index is 12.5. The van der Waals surface area contributed by atoms with Crippen LogP contribution in [0.4, 0.5) is 5.69 Å². The molecule has 0 unspecified atom stereocenters. The van der Waals surface area contributed by atoms with Crippen molar-refractivity contribution in [2.75, 3.05) is 11.0 Å². The normalized spacial score (nSPS) is 12.6. The van der Waals surface area contributed by atoms with E-state index in [0.717, 1.165) is 16.7 Å². The molecule has 160 valence electrons. The van der Waals surface area contributed by atoms with Gasteiger partial charge in [0.05, 0.1) is 40.3 Å². The summed E-state index contributed by atoms with van der Waals surface area (Å²) >= 11 is 7.64. The van der Waals surface area contributed by atoms with Crippen LogP contribution in [0.2, 0.25) is 4.34 Å². The molecule has 30 heavy (non-hydrogen) atoms. The molecule has 0 aromatic carbocycles. The minimum absolute atomic E-state index is 0.0606. The summed E-state index contributed by atoms with van der Waals surface area (Å²) in [6.07, 6.45) is 1.88. The molecule has 0 amide bonds. The number of hydrogen-bond acceptors (Lipinski definition) is 8. The van der Waals surface area contributed by atoms with Crippen LogP contribution in [0.3, 0.4) is 0 Å². The molecule has 9 nitrogen and oxygen atoms in total. The van der Waals surface area contributed by atoms with E-state index in [4.69, 9.17) is 16.3 Å². The lowest BCUT2D eigenvalue weighted by molar-refractivity contribution is -0.147. The van der Waals surface area contributed by atoms with E-state index in [9.17, 15) is 13.2 Å². The van der Waals surface area contributed by atoms with E-state index in [1.54, 1.807) is 26.1 Å². The first-order valence-electron chi connectivity index (χ1n) is 8.81. The first kappa shape index (κ1) is 22.2. The van der Waals surface area contributed by atoms with Gasteiger partial charge in [0.15, 0.2) is 0 Å². The summed E-state index contributed by atoms with van der Waals surface area (Å²) in [6, 6.07) is 5.06. The van der Waals surface area contributed by atoms with Crippen molar-refractivity contribution >= 4 is 44.6 Å². The molecule has 0 aliphatic carbocycles. The molecular formula is C18H20ClN5O4S2. The van der Waals surface area contributed by atoms with E-state index in [1.165, 1.54) is 22.2 Å². The van der Waals surface area contributed by atoms with Crippen molar-refractivity contribution in [1.82, 2.24) is 20.0 Å². The van der Waals surface area contributed by atoms with Gasteiger partial charge < -0.3 is 4.74 Å². The molecule has 3 heterocycles. The number of hydrogen-bond donors (Lipinski definition) is 1. The van der Waals surface area contributed by atoms with Crippen LogP contribution in [-0.2, 0) is 33.0 Å². The van der Waals surface area contributed by atoms with E-state index in [1.807, 2.05) is 13.0 Å². The van der Waals surface area contributed by atoms with Crippen LogP contribution in [-0.4, -0.2) is 40.6 Å². The molecule has 12 heteroatoms. The number of sulfonamides is 1. The average Bonchev–Trinajstić information content (AvgIpc) is 3.16. The number of rotatable bonds is 7. The van der Waals surface area contributed by atoms with Gasteiger partial charge in [0, 0.05) is 17.5 Å². The van der Waals surface area contributed by atoms with Crippen molar-refractivity contribution in [2.24, 2.45) is 7.05 Å². The van der Waals surface area contributed by atoms with Crippen LogP contribution < -0.4 is 4.72 Å². The molecule has 3 aromatic heterocycles. The molecule has 0 aliphatic rings. The number of thiophene rings is 1. The van der Waals surface area contributed by atoms with Gasteiger partial charge >= 0.3 is 5.97 Å². The summed E-state index contributed by atoms with van der Waals surface area (Å²) < 4.78 is 32.6. The molecule has 0 saturated heterocycles. The van der Waals surface area contributed by atoms with E-state index in [-0.39, 0.29) is 6.42 Å². The Morgan fingerprint density at radius 1 is 1.40 bits per heavy atom. The van der Waals surface area contributed by atoms with Gasteiger partial charge in [-0.2, -0.15) is 0 Å². The second-order valence-electron chi connectivity index (χ2n) is 6.71. The van der Waals surface area contributed by atoms with Crippen LogP contribution in [0.1, 0.15) is 29.2 Å². The predicted octanol–water partition coefficient (Wildman–Crippen LogP) is 3.12. The highest BCUT2D eigenvalue weighted by atomic mass is 35.5. The Hall–Kier alpha value is -2.50. The van der Waals surface area contributed by atoms with Crippen molar-refractivity contribution < 1.29 is 17.9 Å². The standard InChI is InChI=1S/C18H20ClN5O4S2/c1-10-7-13(18(19)29-10)11(2)28-16(25)8-15-17(21-23-24(15)3)14-6-5-12(9-20-14)22-30(4,26)27/h5-7,9,11,22H,8H2,1-4H3/t11-/m1/s1. The molecule has 3 rings (SSSR count). The number of nitrogens with zero attached hydrogens (tertiary/aromatic N) is 4. The lowest BCUT2D eigenvalue weighted by Crippen LogP contribution is -2.14. The number of esters is 1. The maximum atomic E-state index is 12.5. The molecule has 0 saturated carbocycles. The zero-order chi connectivity index (χ0) is 22.1. The number of aryl methyl sites for hydroxylation is 2. The number of nitrogens with one attached hydrogen (secondary N) is 1. The minimum Gasteiger partial charge on any atom is -0.457 e. The summed E-state index contributed by atoms with van der Waals surface area (Å²) in [5, 5.41) is 8.05. The number of anilines is 1. The topological polar surface area (TPSA) is 116 Å².